The molecule has 3 aromatic rings. The van der Waals surface area contributed by atoms with Crippen molar-refractivity contribution in [3.05, 3.63) is 58.8 Å². The van der Waals surface area contributed by atoms with E-state index in [-0.39, 0.29) is 16.6 Å². The third kappa shape index (κ3) is 3.41. The van der Waals surface area contributed by atoms with E-state index in [1.165, 1.54) is 12.1 Å². The van der Waals surface area contributed by atoms with Crippen LogP contribution in [0.1, 0.15) is 6.92 Å². The Kier molecular flexibility index (Phi) is 4.82. The first-order valence-corrected chi connectivity index (χ1v) is 7.89. The van der Waals surface area contributed by atoms with Crippen LogP contribution in [0.3, 0.4) is 0 Å². The van der Waals surface area contributed by atoms with E-state index in [0.717, 1.165) is 12.1 Å². The molecule has 0 aliphatic carbocycles. The minimum Gasteiger partial charge on any atom is -0.507 e. The summed E-state index contributed by atoms with van der Waals surface area (Å²) in [5.41, 5.74) is 0.820. The third-order valence-corrected chi connectivity index (χ3v) is 3.64. The Bertz CT molecular complexity index is 887. The number of ether oxygens (including phenoxy) is 1. The van der Waals surface area contributed by atoms with E-state index < -0.39 is 0 Å². The fourth-order valence-corrected chi connectivity index (χ4v) is 2.49. The summed E-state index contributed by atoms with van der Waals surface area (Å²) in [6.45, 7) is 4.04. The maximum atomic E-state index is 12.3. The van der Waals surface area contributed by atoms with Gasteiger partial charge in [-0.15, -0.1) is 0 Å². The molecule has 0 bridgehead atoms. The number of aromatic hydroxyl groups is 1. The van der Waals surface area contributed by atoms with Crippen LogP contribution in [0.4, 0.5) is 0 Å². The molecule has 124 valence electrons. The number of benzene rings is 2. The lowest BCUT2D eigenvalue weighted by molar-refractivity contribution is 0.313. The van der Waals surface area contributed by atoms with Gasteiger partial charge in [0.15, 0.2) is 5.43 Å². The van der Waals surface area contributed by atoms with E-state index >= 15 is 0 Å². The average Bonchev–Trinajstić information content (AvgIpc) is 2.59. The van der Waals surface area contributed by atoms with Gasteiger partial charge < -0.3 is 19.6 Å². The van der Waals surface area contributed by atoms with Gasteiger partial charge >= 0.3 is 0 Å². The Morgan fingerprint density at radius 3 is 2.71 bits per heavy atom. The summed E-state index contributed by atoms with van der Waals surface area (Å²) in [6.07, 6.45) is 0. The SMILES string of the molecule is CCNCCOc1cc(O)c2c(=O)cc(-c3ccccc3)oc2c1. The Morgan fingerprint density at radius 2 is 1.96 bits per heavy atom. The Labute approximate surface area is 139 Å². The molecule has 0 aliphatic rings. The summed E-state index contributed by atoms with van der Waals surface area (Å²) in [4.78, 5) is 12.3. The van der Waals surface area contributed by atoms with Crippen LogP contribution in [-0.2, 0) is 0 Å². The second kappa shape index (κ2) is 7.19. The lowest BCUT2D eigenvalue weighted by Crippen LogP contribution is -2.20. The summed E-state index contributed by atoms with van der Waals surface area (Å²) in [5.74, 6) is 0.780. The molecule has 1 heterocycles. The predicted octanol–water partition coefficient (Wildman–Crippen LogP) is 3.15. The lowest BCUT2D eigenvalue weighted by atomic mass is 10.1. The van der Waals surface area contributed by atoms with Gasteiger partial charge in [-0.2, -0.15) is 0 Å². The molecule has 0 radical (unpaired) electrons. The van der Waals surface area contributed by atoms with Gasteiger partial charge in [0.05, 0.1) is 0 Å². The van der Waals surface area contributed by atoms with Crippen molar-refractivity contribution in [2.45, 2.75) is 6.92 Å². The molecular weight excluding hydrogens is 306 g/mol. The third-order valence-electron chi connectivity index (χ3n) is 3.64. The Balaban J connectivity index is 2.00. The molecule has 0 amide bonds. The van der Waals surface area contributed by atoms with Gasteiger partial charge in [0, 0.05) is 30.3 Å². The van der Waals surface area contributed by atoms with Crippen molar-refractivity contribution in [1.29, 1.82) is 0 Å². The van der Waals surface area contributed by atoms with Gasteiger partial charge in [0.2, 0.25) is 0 Å². The van der Waals surface area contributed by atoms with Crippen LogP contribution in [0.25, 0.3) is 22.3 Å². The van der Waals surface area contributed by atoms with Crippen molar-refractivity contribution in [3.63, 3.8) is 0 Å². The molecule has 5 heteroatoms. The quantitative estimate of drug-likeness (QED) is 0.681. The largest absolute Gasteiger partial charge is 0.507 e. The molecule has 0 unspecified atom stereocenters. The van der Waals surface area contributed by atoms with Crippen LogP contribution in [0, 0.1) is 0 Å². The fourth-order valence-electron chi connectivity index (χ4n) is 2.49. The number of rotatable bonds is 6. The summed E-state index contributed by atoms with van der Waals surface area (Å²) in [7, 11) is 0. The highest BCUT2D eigenvalue weighted by molar-refractivity contribution is 5.86. The predicted molar refractivity (Wildman–Crippen MR) is 93.6 cm³/mol. The zero-order valence-corrected chi connectivity index (χ0v) is 13.4. The molecule has 24 heavy (non-hydrogen) atoms. The van der Waals surface area contributed by atoms with E-state index in [9.17, 15) is 9.90 Å². The molecule has 0 fully saturated rings. The molecule has 0 aliphatic heterocycles. The van der Waals surface area contributed by atoms with Gasteiger partial charge in [-0.3, -0.25) is 4.79 Å². The van der Waals surface area contributed by atoms with Crippen molar-refractivity contribution < 1.29 is 14.3 Å². The minimum atomic E-state index is -0.285. The van der Waals surface area contributed by atoms with Crippen LogP contribution in [-0.4, -0.2) is 24.8 Å². The van der Waals surface area contributed by atoms with Crippen molar-refractivity contribution in [2.24, 2.45) is 0 Å². The first-order chi connectivity index (χ1) is 11.7. The molecule has 0 atom stereocenters. The van der Waals surface area contributed by atoms with E-state index in [2.05, 4.69) is 5.32 Å². The number of nitrogens with one attached hydrogen (secondary N) is 1. The molecule has 0 saturated heterocycles. The maximum absolute atomic E-state index is 12.3. The van der Waals surface area contributed by atoms with E-state index in [4.69, 9.17) is 9.15 Å². The first kappa shape index (κ1) is 16.1. The van der Waals surface area contributed by atoms with Crippen LogP contribution in [0.5, 0.6) is 11.5 Å². The van der Waals surface area contributed by atoms with Crippen LogP contribution in [0.15, 0.2) is 57.7 Å². The standard InChI is InChI=1S/C19H19NO4/c1-2-20-8-9-23-14-10-15(21)19-16(22)12-17(24-18(19)11-14)13-6-4-3-5-7-13/h3-7,10-12,20-21H,2,8-9H2,1H3. The van der Waals surface area contributed by atoms with Gasteiger partial charge in [-0.25, -0.2) is 0 Å². The first-order valence-electron chi connectivity index (χ1n) is 7.89. The molecular formula is C19H19NO4. The monoisotopic (exact) mass is 325 g/mol. The minimum absolute atomic E-state index is 0.140. The van der Waals surface area contributed by atoms with Crippen molar-refractivity contribution >= 4 is 11.0 Å². The zero-order chi connectivity index (χ0) is 16.9. The topological polar surface area (TPSA) is 71.7 Å². The number of phenolic OH excluding ortho intramolecular Hbond substituents is 1. The van der Waals surface area contributed by atoms with E-state index in [1.807, 2.05) is 37.3 Å². The lowest BCUT2D eigenvalue weighted by Gasteiger charge is -2.09. The highest BCUT2D eigenvalue weighted by Gasteiger charge is 2.12. The maximum Gasteiger partial charge on any atom is 0.197 e. The number of hydrogen-bond acceptors (Lipinski definition) is 5. The number of likely N-dealkylation sites (N-methyl/N-ethyl adjacent to an activating group) is 1. The normalized spacial score (nSPS) is 10.9. The van der Waals surface area contributed by atoms with E-state index in [1.54, 1.807) is 6.07 Å². The molecule has 2 N–H and O–H groups in total. The molecule has 1 aromatic heterocycles. The summed E-state index contributed by atoms with van der Waals surface area (Å²) >= 11 is 0. The van der Waals surface area contributed by atoms with Crippen molar-refractivity contribution in [3.8, 4) is 22.8 Å². The second-order valence-corrected chi connectivity index (χ2v) is 5.36. The van der Waals surface area contributed by atoms with Crippen molar-refractivity contribution in [1.82, 2.24) is 5.32 Å². The molecule has 0 spiro atoms. The fraction of sp³-hybridized carbons (Fsp3) is 0.211. The van der Waals surface area contributed by atoms with Gasteiger partial charge in [-0.1, -0.05) is 37.3 Å². The van der Waals surface area contributed by atoms with Crippen LogP contribution in [0.2, 0.25) is 0 Å². The smallest absolute Gasteiger partial charge is 0.197 e. The number of hydrogen-bond donors (Lipinski definition) is 2. The molecule has 0 saturated carbocycles. The van der Waals surface area contributed by atoms with Gasteiger partial charge in [0.1, 0.15) is 34.8 Å². The number of phenols is 1. The summed E-state index contributed by atoms with van der Waals surface area (Å²) in [5, 5.41) is 13.5. The highest BCUT2D eigenvalue weighted by Crippen LogP contribution is 2.30. The highest BCUT2D eigenvalue weighted by atomic mass is 16.5. The average molecular weight is 325 g/mol. The second-order valence-electron chi connectivity index (χ2n) is 5.36. The van der Waals surface area contributed by atoms with Crippen LogP contribution >= 0.6 is 0 Å². The zero-order valence-electron chi connectivity index (χ0n) is 13.4. The van der Waals surface area contributed by atoms with Gasteiger partial charge in [-0.05, 0) is 6.54 Å². The van der Waals surface area contributed by atoms with Gasteiger partial charge in [0.25, 0.3) is 0 Å². The van der Waals surface area contributed by atoms with E-state index in [0.29, 0.717) is 30.2 Å². The Hall–Kier alpha value is -2.79. The summed E-state index contributed by atoms with van der Waals surface area (Å²) in [6, 6.07) is 13.8. The number of fused-ring (bicyclic) bond motifs is 1. The Morgan fingerprint density at radius 1 is 1.17 bits per heavy atom. The molecule has 2 aromatic carbocycles. The molecule has 3 rings (SSSR count). The summed E-state index contributed by atoms with van der Waals surface area (Å²) < 4.78 is 11.4. The molecule has 5 nitrogen and oxygen atoms in total. The van der Waals surface area contributed by atoms with Crippen LogP contribution < -0.4 is 15.5 Å². The van der Waals surface area contributed by atoms with Crippen molar-refractivity contribution in [2.75, 3.05) is 19.7 Å².